The van der Waals surface area contributed by atoms with Gasteiger partial charge in [-0.2, -0.15) is 0 Å². The van der Waals surface area contributed by atoms with Crippen molar-refractivity contribution in [2.75, 3.05) is 13.1 Å². The highest BCUT2D eigenvalue weighted by Gasteiger charge is 2.19. The molecule has 2 nitrogen and oxygen atoms in total. The van der Waals surface area contributed by atoms with Gasteiger partial charge in [0.15, 0.2) is 0 Å². The standard InChI is InChI=1S/C14H18BrNO/c1-11-6-7-12(13(15)10-11)14(17)16-8-4-2-3-5-9-16/h6-7,10H,2-5,8-9H2,1H3. The fourth-order valence-corrected chi connectivity index (χ4v) is 2.90. The Hall–Kier alpha value is -0.830. The van der Waals surface area contributed by atoms with Crippen LogP contribution in [0.2, 0.25) is 0 Å². The highest BCUT2D eigenvalue weighted by molar-refractivity contribution is 9.10. The molecule has 1 heterocycles. The number of aryl methyl sites for hydroxylation is 1. The van der Waals surface area contributed by atoms with Crippen LogP contribution in [0.3, 0.4) is 0 Å². The fourth-order valence-electron chi connectivity index (χ4n) is 2.24. The lowest BCUT2D eigenvalue weighted by Crippen LogP contribution is -2.32. The minimum absolute atomic E-state index is 0.166. The zero-order valence-corrected chi connectivity index (χ0v) is 11.8. The summed E-state index contributed by atoms with van der Waals surface area (Å²) >= 11 is 3.49. The van der Waals surface area contributed by atoms with E-state index >= 15 is 0 Å². The highest BCUT2D eigenvalue weighted by Crippen LogP contribution is 2.21. The van der Waals surface area contributed by atoms with Crippen LogP contribution >= 0.6 is 15.9 Å². The minimum Gasteiger partial charge on any atom is -0.339 e. The van der Waals surface area contributed by atoms with Crippen LogP contribution in [0.15, 0.2) is 22.7 Å². The Kier molecular flexibility index (Phi) is 4.21. The van der Waals surface area contributed by atoms with E-state index < -0.39 is 0 Å². The Labute approximate surface area is 111 Å². The number of likely N-dealkylation sites (tertiary alicyclic amines) is 1. The van der Waals surface area contributed by atoms with Crippen LogP contribution in [-0.4, -0.2) is 23.9 Å². The molecule has 17 heavy (non-hydrogen) atoms. The summed E-state index contributed by atoms with van der Waals surface area (Å²) in [6.07, 6.45) is 4.77. The summed E-state index contributed by atoms with van der Waals surface area (Å²) < 4.78 is 0.909. The lowest BCUT2D eigenvalue weighted by atomic mass is 10.1. The van der Waals surface area contributed by atoms with Crippen LogP contribution in [0.5, 0.6) is 0 Å². The predicted molar refractivity (Wildman–Crippen MR) is 73.3 cm³/mol. The summed E-state index contributed by atoms with van der Waals surface area (Å²) in [6, 6.07) is 5.92. The second-order valence-corrected chi connectivity index (χ2v) is 5.54. The first kappa shape index (κ1) is 12.6. The molecule has 0 N–H and O–H groups in total. The van der Waals surface area contributed by atoms with Crippen molar-refractivity contribution in [3.05, 3.63) is 33.8 Å². The number of nitrogens with zero attached hydrogens (tertiary/aromatic N) is 1. The van der Waals surface area contributed by atoms with Crippen LogP contribution in [0.25, 0.3) is 0 Å². The average Bonchev–Trinajstić information content (AvgIpc) is 2.56. The number of rotatable bonds is 1. The predicted octanol–water partition coefficient (Wildman–Crippen LogP) is 3.77. The number of halogens is 1. The van der Waals surface area contributed by atoms with Gasteiger partial charge in [0.1, 0.15) is 0 Å². The molecule has 0 aromatic heterocycles. The van der Waals surface area contributed by atoms with Crippen LogP contribution in [0.4, 0.5) is 0 Å². The summed E-state index contributed by atoms with van der Waals surface area (Å²) in [4.78, 5) is 14.4. The van der Waals surface area contributed by atoms with Gasteiger partial charge in [0.05, 0.1) is 5.56 Å². The fraction of sp³-hybridized carbons (Fsp3) is 0.500. The molecule has 0 bridgehead atoms. The SMILES string of the molecule is Cc1ccc(C(=O)N2CCCCCC2)c(Br)c1. The zero-order valence-electron chi connectivity index (χ0n) is 10.2. The molecule has 1 aliphatic rings. The van der Waals surface area contributed by atoms with Gasteiger partial charge in [-0.1, -0.05) is 18.9 Å². The van der Waals surface area contributed by atoms with Gasteiger partial charge in [-0.25, -0.2) is 0 Å². The molecule has 1 fully saturated rings. The molecule has 1 saturated heterocycles. The van der Waals surface area contributed by atoms with Crippen molar-refractivity contribution < 1.29 is 4.79 Å². The molecule has 3 heteroatoms. The van der Waals surface area contributed by atoms with E-state index in [-0.39, 0.29) is 5.91 Å². The van der Waals surface area contributed by atoms with Crippen molar-refractivity contribution in [3.8, 4) is 0 Å². The Bertz CT molecular complexity index is 409. The van der Waals surface area contributed by atoms with E-state index in [1.807, 2.05) is 30.0 Å². The molecular formula is C14H18BrNO. The topological polar surface area (TPSA) is 20.3 Å². The van der Waals surface area contributed by atoms with E-state index in [0.29, 0.717) is 0 Å². The maximum Gasteiger partial charge on any atom is 0.254 e. The molecule has 0 unspecified atom stereocenters. The van der Waals surface area contributed by atoms with Gasteiger partial charge < -0.3 is 4.90 Å². The van der Waals surface area contributed by atoms with E-state index in [1.54, 1.807) is 0 Å². The monoisotopic (exact) mass is 295 g/mol. The third-order valence-corrected chi connectivity index (χ3v) is 3.90. The summed E-state index contributed by atoms with van der Waals surface area (Å²) in [6.45, 7) is 3.84. The number of carbonyl (C=O) groups is 1. The second-order valence-electron chi connectivity index (χ2n) is 4.69. The lowest BCUT2D eigenvalue weighted by molar-refractivity contribution is 0.0761. The summed E-state index contributed by atoms with van der Waals surface area (Å²) in [5.74, 6) is 0.166. The van der Waals surface area contributed by atoms with Gasteiger partial charge in [0.2, 0.25) is 0 Å². The van der Waals surface area contributed by atoms with Crippen molar-refractivity contribution in [2.45, 2.75) is 32.6 Å². The number of hydrogen-bond donors (Lipinski definition) is 0. The number of amides is 1. The minimum atomic E-state index is 0.166. The molecular weight excluding hydrogens is 278 g/mol. The van der Waals surface area contributed by atoms with Gasteiger partial charge in [0, 0.05) is 17.6 Å². The third kappa shape index (κ3) is 3.09. The number of benzene rings is 1. The van der Waals surface area contributed by atoms with E-state index in [1.165, 1.54) is 18.4 Å². The van der Waals surface area contributed by atoms with Gasteiger partial charge in [-0.3, -0.25) is 4.79 Å². The Morgan fingerprint density at radius 3 is 2.41 bits per heavy atom. The quantitative estimate of drug-likeness (QED) is 0.772. The largest absolute Gasteiger partial charge is 0.339 e. The number of hydrogen-bond acceptors (Lipinski definition) is 1. The average molecular weight is 296 g/mol. The van der Waals surface area contributed by atoms with Crippen LogP contribution < -0.4 is 0 Å². The molecule has 0 atom stereocenters. The molecule has 1 aromatic rings. The normalized spacial score (nSPS) is 16.7. The van der Waals surface area contributed by atoms with Crippen molar-refractivity contribution in [2.24, 2.45) is 0 Å². The van der Waals surface area contributed by atoms with Crippen molar-refractivity contribution >= 4 is 21.8 Å². The van der Waals surface area contributed by atoms with Gasteiger partial charge in [-0.15, -0.1) is 0 Å². The van der Waals surface area contributed by atoms with Gasteiger partial charge >= 0.3 is 0 Å². The van der Waals surface area contributed by atoms with Crippen molar-refractivity contribution in [3.63, 3.8) is 0 Å². The second kappa shape index (κ2) is 5.67. The lowest BCUT2D eigenvalue weighted by Gasteiger charge is -2.21. The van der Waals surface area contributed by atoms with Gasteiger partial charge in [-0.05, 0) is 53.4 Å². The summed E-state index contributed by atoms with van der Waals surface area (Å²) in [5.41, 5.74) is 1.96. The molecule has 0 spiro atoms. The van der Waals surface area contributed by atoms with Crippen LogP contribution in [0, 0.1) is 6.92 Å². The van der Waals surface area contributed by atoms with Crippen molar-refractivity contribution in [1.82, 2.24) is 4.90 Å². The maximum atomic E-state index is 12.4. The first-order valence-corrected chi connectivity index (χ1v) is 7.03. The summed E-state index contributed by atoms with van der Waals surface area (Å²) in [7, 11) is 0. The van der Waals surface area contributed by atoms with E-state index in [0.717, 1.165) is 36.0 Å². The molecule has 1 aromatic carbocycles. The summed E-state index contributed by atoms with van der Waals surface area (Å²) in [5, 5.41) is 0. The van der Waals surface area contributed by atoms with Gasteiger partial charge in [0.25, 0.3) is 5.91 Å². The molecule has 0 saturated carbocycles. The molecule has 1 amide bonds. The molecule has 0 radical (unpaired) electrons. The molecule has 2 rings (SSSR count). The smallest absolute Gasteiger partial charge is 0.254 e. The van der Waals surface area contributed by atoms with Crippen LogP contribution in [0.1, 0.15) is 41.6 Å². The molecule has 0 aliphatic carbocycles. The highest BCUT2D eigenvalue weighted by atomic mass is 79.9. The van der Waals surface area contributed by atoms with E-state index in [9.17, 15) is 4.79 Å². The molecule has 92 valence electrons. The zero-order chi connectivity index (χ0) is 12.3. The Balaban J connectivity index is 2.17. The first-order chi connectivity index (χ1) is 8.18. The van der Waals surface area contributed by atoms with E-state index in [4.69, 9.17) is 0 Å². The molecule has 1 aliphatic heterocycles. The Morgan fingerprint density at radius 1 is 1.18 bits per heavy atom. The first-order valence-electron chi connectivity index (χ1n) is 6.24. The number of carbonyl (C=O) groups excluding carboxylic acids is 1. The van der Waals surface area contributed by atoms with Crippen LogP contribution in [-0.2, 0) is 0 Å². The maximum absolute atomic E-state index is 12.4. The Morgan fingerprint density at radius 2 is 1.82 bits per heavy atom. The van der Waals surface area contributed by atoms with E-state index in [2.05, 4.69) is 15.9 Å². The van der Waals surface area contributed by atoms with Crippen molar-refractivity contribution in [1.29, 1.82) is 0 Å². The third-order valence-electron chi connectivity index (χ3n) is 3.25.